The Bertz CT molecular complexity index is 1100. The molecule has 2 heterocycles. The second kappa shape index (κ2) is 8.32. The summed E-state index contributed by atoms with van der Waals surface area (Å²) in [6.45, 7) is 3.29. The van der Waals surface area contributed by atoms with Crippen molar-refractivity contribution in [2.45, 2.75) is 13.5 Å². The first-order chi connectivity index (χ1) is 14.2. The predicted molar refractivity (Wildman–Crippen MR) is 111 cm³/mol. The number of benzene rings is 2. The van der Waals surface area contributed by atoms with Crippen LogP contribution in [-0.2, 0) is 11.3 Å². The van der Waals surface area contributed by atoms with Crippen LogP contribution in [0.1, 0.15) is 21.9 Å². The Morgan fingerprint density at radius 1 is 1.14 bits per heavy atom. The highest BCUT2D eigenvalue weighted by Crippen LogP contribution is 2.23. The average Bonchev–Trinajstić information content (AvgIpc) is 3.37. The van der Waals surface area contributed by atoms with Gasteiger partial charge in [-0.05, 0) is 49.4 Å². The molecule has 2 aromatic carbocycles. The lowest BCUT2D eigenvalue weighted by molar-refractivity contribution is 0.0666. The van der Waals surface area contributed by atoms with Crippen LogP contribution in [0.3, 0.4) is 0 Å². The molecular formula is C23H23N3O3. The van der Waals surface area contributed by atoms with Gasteiger partial charge in [0.2, 0.25) is 0 Å². The number of furan rings is 1. The number of fused-ring (bicyclic) bond motifs is 1. The fraction of sp³-hybridized carbons (Fsp3) is 0.217. The summed E-state index contributed by atoms with van der Waals surface area (Å²) in [6, 6.07) is 19.4. The minimum atomic E-state index is -0.0766. The van der Waals surface area contributed by atoms with Gasteiger partial charge in [-0.2, -0.15) is 0 Å². The molecule has 0 unspecified atom stereocenters. The number of hydrogen-bond acceptors (Lipinski definition) is 4. The highest BCUT2D eigenvalue weighted by atomic mass is 16.5. The number of carbonyl (C=O) groups is 1. The molecule has 0 fully saturated rings. The molecule has 0 saturated carbocycles. The van der Waals surface area contributed by atoms with Crippen LogP contribution in [0.25, 0.3) is 16.7 Å². The van der Waals surface area contributed by atoms with Crippen molar-refractivity contribution < 1.29 is 13.9 Å². The van der Waals surface area contributed by atoms with Gasteiger partial charge in [0.1, 0.15) is 11.6 Å². The van der Waals surface area contributed by atoms with Crippen LogP contribution in [0, 0.1) is 6.92 Å². The van der Waals surface area contributed by atoms with Gasteiger partial charge in [-0.25, -0.2) is 4.98 Å². The largest absolute Gasteiger partial charge is 0.467 e. The standard InChI is InChI=1S/C23H23N3O3/c1-17-24-21-15-18(10-11-22(21)26(17)19-7-4-3-5-8-19)23(27)25(12-14-28-2)16-20-9-6-13-29-20/h3-11,13,15H,12,14,16H2,1-2H3. The van der Waals surface area contributed by atoms with Gasteiger partial charge >= 0.3 is 0 Å². The monoisotopic (exact) mass is 389 g/mol. The van der Waals surface area contributed by atoms with Gasteiger partial charge in [-0.15, -0.1) is 0 Å². The Morgan fingerprint density at radius 2 is 1.97 bits per heavy atom. The van der Waals surface area contributed by atoms with Crippen LogP contribution < -0.4 is 0 Å². The number of aryl methyl sites for hydroxylation is 1. The van der Waals surface area contributed by atoms with Crippen molar-refractivity contribution in [3.05, 3.63) is 84.1 Å². The van der Waals surface area contributed by atoms with Crippen LogP contribution in [0.5, 0.6) is 0 Å². The van der Waals surface area contributed by atoms with Crippen molar-refractivity contribution in [2.24, 2.45) is 0 Å². The maximum atomic E-state index is 13.2. The quantitative estimate of drug-likeness (QED) is 0.475. The van der Waals surface area contributed by atoms with Gasteiger partial charge in [-0.3, -0.25) is 9.36 Å². The molecule has 0 aliphatic heterocycles. The summed E-state index contributed by atoms with van der Waals surface area (Å²) in [5.41, 5.74) is 3.41. The molecule has 0 atom stereocenters. The molecule has 29 heavy (non-hydrogen) atoms. The van der Waals surface area contributed by atoms with E-state index in [4.69, 9.17) is 9.15 Å². The molecule has 0 radical (unpaired) electrons. The summed E-state index contributed by atoms with van der Waals surface area (Å²) < 4.78 is 12.7. The number of methoxy groups -OCH3 is 1. The van der Waals surface area contributed by atoms with E-state index in [0.29, 0.717) is 25.3 Å². The maximum absolute atomic E-state index is 13.2. The molecular weight excluding hydrogens is 366 g/mol. The Balaban J connectivity index is 1.66. The van der Waals surface area contributed by atoms with Gasteiger partial charge in [0, 0.05) is 24.9 Å². The normalized spacial score (nSPS) is 11.1. The van der Waals surface area contributed by atoms with Gasteiger partial charge in [-0.1, -0.05) is 18.2 Å². The third-order valence-corrected chi connectivity index (χ3v) is 4.86. The first-order valence-corrected chi connectivity index (χ1v) is 9.52. The van der Waals surface area contributed by atoms with Crippen molar-refractivity contribution >= 4 is 16.9 Å². The van der Waals surface area contributed by atoms with E-state index in [2.05, 4.69) is 9.55 Å². The number of rotatable bonds is 7. The minimum Gasteiger partial charge on any atom is -0.467 e. The zero-order valence-corrected chi connectivity index (χ0v) is 16.5. The second-order valence-electron chi connectivity index (χ2n) is 6.83. The van der Waals surface area contributed by atoms with E-state index in [9.17, 15) is 4.79 Å². The lowest BCUT2D eigenvalue weighted by Crippen LogP contribution is -2.33. The Kier molecular flexibility index (Phi) is 5.44. The summed E-state index contributed by atoms with van der Waals surface area (Å²) in [5, 5.41) is 0. The van der Waals surface area contributed by atoms with Gasteiger partial charge in [0.25, 0.3) is 5.91 Å². The number of hydrogen-bond donors (Lipinski definition) is 0. The van der Waals surface area contributed by atoms with E-state index >= 15 is 0 Å². The molecule has 0 spiro atoms. The molecule has 0 aliphatic carbocycles. The third kappa shape index (κ3) is 3.93. The van der Waals surface area contributed by atoms with Crippen LogP contribution in [0.15, 0.2) is 71.3 Å². The van der Waals surface area contributed by atoms with Crippen LogP contribution in [0.4, 0.5) is 0 Å². The van der Waals surface area contributed by atoms with Crippen LogP contribution in [-0.4, -0.2) is 40.6 Å². The van der Waals surface area contributed by atoms with E-state index in [-0.39, 0.29) is 5.91 Å². The van der Waals surface area contributed by atoms with Crippen LogP contribution in [0.2, 0.25) is 0 Å². The molecule has 2 aromatic heterocycles. The summed E-state index contributed by atoms with van der Waals surface area (Å²) in [7, 11) is 1.63. The van der Waals surface area contributed by atoms with E-state index < -0.39 is 0 Å². The summed E-state index contributed by atoms with van der Waals surface area (Å²) in [6.07, 6.45) is 1.61. The Hall–Kier alpha value is -3.38. The second-order valence-corrected chi connectivity index (χ2v) is 6.83. The molecule has 6 heteroatoms. The highest BCUT2D eigenvalue weighted by molar-refractivity contribution is 5.97. The van der Waals surface area contributed by atoms with Gasteiger partial charge in [0.05, 0.1) is 30.4 Å². The number of carbonyl (C=O) groups excluding carboxylic acids is 1. The minimum absolute atomic E-state index is 0.0766. The fourth-order valence-corrected chi connectivity index (χ4v) is 3.46. The number of nitrogens with zero attached hydrogens (tertiary/aromatic N) is 3. The number of aromatic nitrogens is 2. The van der Waals surface area contributed by atoms with Gasteiger partial charge < -0.3 is 14.1 Å². The molecule has 4 aromatic rings. The predicted octanol–water partition coefficient (Wildman–Crippen LogP) is 4.22. The SMILES string of the molecule is COCCN(Cc1ccco1)C(=O)c1ccc2c(c1)nc(C)n2-c1ccccc1. The lowest BCUT2D eigenvalue weighted by Gasteiger charge is -2.21. The van der Waals surface area contributed by atoms with E-state index in [1.165, 1.54) is 0 Å². The highest BCUT2D eigenvalue weighted by Gasteiger charge is 2.19. The number of imidazole rings is 1. The molecule has 0 aliphatic rings. The van der Waals surface area contributed by atoms with Crippen molar-refractivity contribution in [3.63, 3.8) is 0 Å². The molecule has 0 N–H and O–H groups in total. The molecule has 0 saturated heterocycles. The third-order valence-electron chi connectivity index (χ3n) is 4.86. The van der Waals surface area contributed by atoms with Crippen molar-refractivity contribution in [1.29, 1.82) is 0 Å². The zero-order valence-electron chi connectivity index (χ0n) is 16.5. The van der Waals surface area contributed by atoms with Crippen molar-refractivity contribution in [2.75, 3.05) is 20.3 Å². The molecule has 1 amide bonds. The topological polar surface area (TPSA) is 60.5 Å². The lowest BCUT2D eigenvalue weighted by atomic mass is 10.1. The molecule has 4 rings (SSSR count). The molecule has 6 nitrogen and oxygen atoms in total. The Morgan fingerprint density at radius 3 is 2.69 bits per heavy atom. The number of amides is 1. The first-order valence-electron chi connectivity index (χ1n) is 9.52. The number of para-hydroxylation sites is 1. The summed E-state index contributed by atoms with van der Waals surface area (Å²) >= 11 is 0. The number of ether oxygens (including phenoxy) is 1. The molecule has 0 bridgehead atoms. The van der Waals surface area contributed by atoms with Gasteiger partial charge in [0.15, 0.2) is 0 Å². The first kappa shape index (κ1) is 19.0. The summed E-state index contributed by atoms with van der Waals surface area (Å²) in [5.74, 6) is 1.54. The van der Waals surface area contributed by atoms with E-state index in [0.717, 1.165) is 28.3 Å². The van der Waals surface area contributed by atoms with E-state index in [1.54, 1.807) is 18.3 Å². The van der Waals surface area contributed by atoms with Crippen LogP contribution >= 0.6 is 0 Å². The van der Waals surface area contributed by atoms with Crippen molar-refractivity contribution in [3.8, 4) is 5.69 Å². The fourth-order valence-electron chi connectivity index (χ4n) is 3.46. The molecule has 148 valence electrons. The van der Waals surface area contributed by atoms with E-state index in [1.807, 2.05) is 67.6 Å². The zero-order chi connectivity index (χ0) is 20.2. The average molecular weight is 389 g/mol. The smallest absolute Gasteiger partial charge is 0.254 e. The Labute approximate surface area is 169 Å². The van der Waals surface area contributed by atoms with Crippen molar-refractivity contribution in [1.82, 2.24) is 14.5 Å². The maximum Gasteiger partial charge on any atom is 0.254 e. The summed E-state index contributed by atoms with van der Waals surface area (Å²) in [4.78, 5) is 19.6.